The Morgan fingerprint density at radius 3 is 2.95 bits per heavy atom. The molecule has 0 unspecified atom stereocenters. The Morgan fingerprint density at radius 1 is 1.47 bits per heavy atom. The second kappa shape index (κ2) is 5.88. The number of benzene rings is 1. The van der Waals surface area contributed by atoms with Crippen molar-refractivity contribution in [1.29, 1.82) is 0 Å². The molecule has 5 nitrogen and oxygen atoms in total. The maximum atomic E-state index is 11.1. The Labute approximate surface area is 115 Å². The lowest BCUT2D eigenvalue weighted by Crippen LogP contribution is -2.22. The third-order valence-electron chi connectivity index (χ3n) is 2.82. The molecule has 1 aromatic carbocycles. The van der Waals surface area contributed by atoms with Crippen molar-refractivity contribution >= 4 is 34.6 Å². The number of carboxylic acid groups (broad SMARTS) is 1. The number of hydrogen-bond donors (Lipinski definition) is 1. The molecular weight excluding hydrogens is 262 g/mol. The predicted molar refractivity (Wildman–Crippen MR) is 78.1 cm³/mol. The third-order valence-corrected chi connectivity index (χ3v) is 3.41. The van der Waals surface area contributed by atoms with Crippen LogP contribution in [0.5, 0.6) is 0 Å². The highest BCUT2D eigenvalue weighted by Crippen LogP contribution is 2.18. The largest absolute Gasteiger partial charge is 0.478 e. The van der Waals surface area contributed by atoms with Crippen LogP contribution in [0.1, 0.15) is 10.4 Å². The van der Waals surface area contributed by atoms with Gasteiger partial charge in [0, 0.05) is 30.9 Å². The van der Waals surface area contributed by atoms with Crippen LogP contribution in [-0.4, -0.2) is 46.6 Å². The van der Waals surface area contributed by atoms with Crippen molar-refractivity contribution in [3.63, 3.8) is 0 Å². The van der Waals surface area contributed by atoms with Crippen LogP contribution in [-0.2, 0) is 0 Å². The number of carboxylic acids is 1. The summed E-state index contributed by atoms with van der Waals surface area (Å²) in [5.41, 5.74) is 0.886. The minimum absolute atomic E-state index is 0.232. The molecule has 0 aliphatic heterocycles. The van der Waals surface area contributed by atoms with E-state index in [2.05, 4.69) is 9.97 Å². The topological polar surface area (TPSA) is 66.3 Å². The Morgan fingerprint density at radius 2 is 2.26 bits per heavy atom. The highest BCUT2D eigenvalue weighted by molar-refractivity contribution is 7.98. The monoisotopic (exact) mass is 277 g/mol. The average molecular weight is 277 g/mol. The van der Waals surface area contributed by atoms with Crippen LogP contribution in [0, 0.1) is 0 Å². The molecule has 0 atom stereocenters. The number of aromatic nitrogens is 2. The van der Waals surface area contributed by atoms with E-state index in [0.29, 0.717) is 16.9 Å². The molecule has 19 heavy (non-hydrogen) atoms. The molecule has 0 aliphatic rings. The second-order valence-electron chi connectivity index (χ2n) is 4.13. The summed E-state index contributed by atoms with van der Waals surface area (Å²) in [5, 5.41) is 9.68. The van der Waals surface area contributed by atoms with Crippen molar-refractivity contribution in [1.82, 2.24) is 9.97 Å². The summed E-state index contributed by atoms with van der Waals surface area (Å²) in [7, 11) is 1.93. The van der Waals surface area contributed by atoms with Crippen LogP contribution in [0.3, 0.4) is 0 Å². The fourth-order valence-electron chi connectivity index (χ4n) is 1.74. The molecule has 0 radical (unpaired) electrons. The van der Waals surface area contributed by atoms with E-state index in [9.17, 15) is 4.79 Å². The summed E-state index contributed by atoms with van der Waals surface area (Å²) >= 11 is 1.76. The van der Waals surface area contributed by atoms with Crippen LogP contribution >= 0.6 is 11.8 Å². The smallest absolute Gasteiger partial charge is 0.336 e. The molecule has 1 N–H and O–H groups in total. The number of rotatable bonds is 5. The lowest BCUT2D eigenvalue weighted by Gasteiger charge is -2.16. The molecule has 6 heteroatoms. The van der Waals surface area contributed by atoms with Gasteiger partial charge >= 0.3 is 5.97 Å². The highest BCUT2D eigenvalue weighted by Gasteiger charge is 2.11. The first-order valence-corrected chi connectivity index (χ1v) is 7.22. The van der Waals surface area contributed by atoms with Crippen LogP contribution in [0.4, 0.5) is 5.95 Å². The average Bonchev–Trinajstić information content (AvgIpc) is 2.43. The van der Waals surface area contributed by atoms with E-state index in [4.69, 9.17) is 5.11 Å². The van der Waals surface area contributed by atoms with Gasteiger partial charge in [0.25, 0.3) is 0 Å². The van der Waals surface area contributed by atoms with E-state index in [1.807, 2.05) is 18.2 Å². The lowest BCUT2D eigenvalue weighted by atomic mass is 10.1. The van der Waals surface area contributed by atoms with Gasteiger partial charge in [0.15, 0.2) is 0 Å². The first kappa shape index (κ1) is 13.6. The van der Waals surface area contributed by atoms with E-state index in [0.717, 1.165) is 12.3 Å². The molecule has 1 aromatic heterocycles. The van der Waals surface area contributed by atoms with Gasteiger partial charge in [0.1, 0.15) is 0 Å². The summed E-state index contributed by atoms with van der Waals surface area (Å²) in [6, 6.07) is 5.06. The van der Waals surface area contributed by atoms with Gasteiger partial charge in [0.05, 0.1) is 11.1 Å². The van der Waals surface area contributed by atoms with E-state index in [-0.39, 0.29) is 5.56 Å². The van der Waals surface area contributed by atoms with Gasteiger partial charge < -0.3 is 10.0 Å². The third kappa shape index (κ3) is 2.96. The second-order valence-corrected chi connectivity index (χ2v) is 5.11. The summed E-state index contributed by atoms with van der Waals surface area (Å²) in [5.74, 6) is 0.648. The van der Waals surface area contributed by atoms with E-state index < -0.39 is 5.97 Å². The lowest BCUT2D eigenvalue weighted by molar-refractivity contribution is 0.0699. The maximum absolute atomic E-state index is 11.1. The van der Waals surface area contributed by atoms with Gasteiger partial charge in [-0.25, -0.2) is 14.8 Å². The number of aromatic carboxylic acids is 1. The number of nitrogens with zero attached hydrogens (tertiary/aromatic N) is 3. The van der Waals surface area contributed by atoms with Gasteiger partial charge in [-0.2, -0.15) is 11.8 Å². The first-order valence-electron chi connectivity index (χ1n) is 5.82. The van der Waals surface area contributed by atoms with E-state index in [1.54, 1.807) is 36.2 Å². The van der Waals surface area contributed by atoms with Crippen molar-refractivity contribution in [2.75, 3.05) is 30.5 Å². The van der Waals surface area contributed by atoms with Gasteiger partial charge in [-0.15, -0.1) is 0 Å². The molecule has 2 aromatic rings. The standard InChI is InChI=1S/C13H15N3O2S/c1-16(6-7-19-2)13-14-8-10-9(12(17)18)4-3-5-11(10)15-13/h3-5,8H,6-7H2,1-2H3,(H,17,18). The predicted octanol–water partition coefficient (Wildman–Crippen LogP) is 2.13. The van der Waals surface area contributed by atoms with Crippen molar-refractivity contribution in [2.24, 2.45) is 0 Å². The number of carbonyl (C=O) groups is 1. The zero-order valence-corrected chi connectivity index (χ0v) is 11.6. The fraction of sp³-hybridized carbons (Fsp3) is 0.308. The summed E-state index contributed by atoms with van der Waals surface area (Å²) in [6.07, 6.45) is 3.63. The summed E-state index contributed by atoms with van der Waals surface area (Å²) < 4.78 is 0. The fourth-order valence-corrected chi connectivity index (χ4v) is 2.20. The first-order chi connectivity index (χ1) is 9.13. The van der Waals surface area contributed by atoms with E-state index in [1.165, 1.54) is 0 Å². The Bertz CT molecular complexity index is 603. The minimum Gasteiger partial charge on any atom is -0.478 e. The van der Waals surface area contributed by atoms with Crippen LogP contribution in [0.25, 0.3) is 10.9 Å². The number of fused-ring (bicyclic) bond motifs is 1. The number of hydrogen-bond acceptors (Lipinski definition) is 5. The molecule has 100 valence electrons. The van der Waals surface area contributed by atoms with Crippen molar-refractivity contribution in [3.05, 3.63) is 30.0 Å². The Kier molecular flexibility index (Phi) is 4.21. The highest BCUT2D eigenvalue weighted by atomic mass is 32.2. The van der Waals surface area contributed by atoms with E-state index >= 15 is 0 Å². The quantitative estimate of drug-likeness (QED) is 0.903. The molecule has 0 fully saturated rings. The molecule has 0 aliphatic carbocycles. The van der Waals surface area contributed by atoms with Gasteiger partial charge in [0.2, 0.25) is 5.95 Å². The molecule has 0 saturated heterocycles. The summed E-state index contributed by atoms with van der Waals surface area (Å²) in [6.45, 7) is 0.852. The normalized spacial score (nSPS) is 10.6. The van der Waals surface area contributed by atoms with Crippen LogP contribution < -0.4 is 4.90 Å². The molecule has 2 rings (SSSR count). The zero-order valence-electron chi connectivity index (χ0n) is 10.8. The number of thioether (sulfide) groups is 1. The minimum atomic E-state index is -0.960. The van der Waals surface area contributed by atoms with Crippen molar-refractivity contribution in [2.45, 2.75) is 0 Å². The van der Waals surface area contributed by atoms with Crippen molar-refractivity contribution < 1.29 is 9.90 Å². The van der Waals surface area contributed by atoms with Crippen molar-refractivity contribution in [3.8, 4) is 0 Å². The summed E-state index contributed by atoms with van der Waals surface area (Å²) in [4.78, 5) is 21.7. The maximum Gasteiger partial charge on any atom is 0.336 e. The Balaban J connectivity index is 2.39. The molecular formula is C13H15N3O2S. The van der Waals surface area contributed by atoms with Gasteiger partial charge in [-0.3, -0.25) is 0 Å². The van der Waals surface area contributed by atoms with Gasteiger partial charge in [-0.1, -0.05) is 6.07 Å². The molecule has 1 heterocycles. The zero-order chi connectivity index (χ0) is 13.8. The van der Waals surface area contributed by atoms with Crippen LogP contribution in [0.15, 0.2) is 24.4 Å². The molecule has 0 amide bonds. The Hall–Kier alpha value is -1.82. The SMILES string of the molecule is CSCCN(C)c1ncc2c(C(=O)O)cccc2n1. The van der Waals surface area contributed by atoms with Crippen LogP contribution in [0.2, 0.25) is 0 Å². The molecule has 0 saturated carbocycles. The molecule has 0 spiro atoms. The number of anilines is 1. The molecule has 0 bridgehead atoms. The van der Waals surface area contributed by atoms with Gasteiger partial charge in [-0.05, 0) is 18.4 Å².